The third-order valence-corrected chi connectivity index (χ3v) is 10.5. The van der Waals surface area contributed by atoms with Crippen LogP contribution in [0.1, 0.15) is 78.6 Å². The van der Waals surface area contributed by atoms with Gasteiger partial charge in [-0.05, 0) is 38.0 Å². The van der Waals surface area contributed by atoms with Gasteiger partial charge in [0.2, 0.25) is 11.8 Å². The zero-order valence-electron chi connectivity index (χ0n) is 28.8. The molecule has 2 heterocycles. The van der Waals surface area contributed by atoms with Crippen LogP contribution in [0.3, 0.4) is 0 Å². The summed E-state index contributed by atoms with van der Waals surface area (Å²) in [4.78, 5) is 25.7. The van der Waals surface area contributed by atoms with Gasteiger partial charge in [0.15, 0.2) is 18.9 Å². The molecule has 0 aromatic carbocycles. The van der Waals surface area contributed by atoms with Gasteiger partial charge >= 0.3 is 0 Å². The summed E-state index contributed by atoms with van der Waals surface area (Å²) in [6, 6.07) is -1.10. The van der Waals surface area contributed by atoms with E-state index >= 15 is 0 Å². The SMILES string of the molecule is CCC1C[C@H](C(=O)NCCN)C[C@@H](O[C@@H]2OC[C@H](O)C(O[C@@H](CC3CCCCC3)C(O)O)C2NC(C)=O)C1OC1O[C@@H](C)C(O)C(O)[C@@H]1O. The average Bonchev–Trinajstić information content (AvgIpc) is 3.07. The van der Waals surface area contributed by atoms with E-state index in [1.807, 2.05) is 6.92 Å². The molecule has 2 aliphatic heterocycles. The normalized spacial score (nSPS) is 39.8. The van der Waals surface area contributed by atoms with Crippen molar-refractivity contribution < 1.29 is 63.9 Å². The van der Waals surface area contributed by atoms with E-state index in [-0.39, 0.29) is 43.9 Å². The van der Waals surface area contributed by atoms with Crippen LogP contribution in [0.2, 0.25) is 0 Å². The van der Waals surface area contributed by atoms with E-state index in [0.717, 1.165) is 32.1 Å². The fourth-order valence-electron chi connectivity index (χ4n) is 7.72. The Balaban J connectivity index is 1.60. The number of amides is 2. The smallest absolute Gasteiger partial charge is 0.223 e. The lowest BCUT2D eigenvalue weighted by atomic mass is 9.75. The van der Waals surface area contributed by atoms with Gasteiger partial charge in [-0.25, -0.2) is 0 Å². The molecular weight excluding hydrogens is 646 g/mol. The van der Waals surface area contributed by atoms with E-state index in [1.54, 1.807) is 6.92 Å². The van der Waals surface area contributed by atoms with Gasteiger partial charge in [-0.15, -0.1) is 0 Å². The van der Waals surface area contributed by atoms with Gasteiger partial charge in [-0.1, -0.05) is 45.4 Å². The average molecular weight is 706 g/mol. The number of rotatable bonds is 14. The Morgan fingerprint density at radius 2 is 1.67 bits per heavy atom. The van der Waals surface area contributed by atoms with Crippen molar-refractivity contribution in [1.29, 1.82) is 0 Å². The molecule has 10 N–H and O–H groups in total. The predicted octanol–water partition coefficient (Wildman–Crippen LogP) is -1.65. The highest BCUT2D eigenvalue weighted by molar-refractivity contribution is 5.78. The maximum Gasteiger partial charge on any atom is 0.223 e. The van der Waals surface area contributed by atoms with E-state index in [1.165, 1.54) is 6.92 Å². The van der Waals surface area contributed by atoms with Crippen LogP contribution in [-0.2, 0) is 33.3 Å². The molecule has 7 unspecified atom stereocenters. The highest BCUT2D eigenvalue weighted by atomic mass is 16.7. The number of ether oxygens (including phenoxy) is 5. The van der Waals surface area contributed by atoms with Gasteiger partial charge in [0.1, 0.15) is 42.7 Å². The summed E-state index contributed by atoms with van der Waals surface area (Å²) in [7, 11) is 0. The summed E-state index contributed by atoms with van der Waals surface area (Å²) in [6.45, 7) is 5.03. The lowest BCUT2D eigenvalue weighted by Crippen LogP contribution is -2.64. The molecule has 4 fully saturated rings. The van der Waals surface area contributed by atoms with Gasteiger partial charge < -0.3 is 70.7 Å². The van der Waals surface area contributed by atoms with E-state index in [4.69, 9.17) is 29.4 Å². The summed E-state index contributed by atoms with van der Waals surface area (Å²) in [5, 5.41) is 68.7. The fourth-order valence-corrected chi connectivity index (χ4v) is 7.72. The largest absolute Gasteiger partial charge is 0.388 e. The molecule has 16 heteroatoms. The molecule has 0 spiro atoms. The number of hydrogen-bond acceptors (Lipinski definition) is 14. The maximum atomic E-state index is 13.2. The molecule has 0 aromatic heterocycles. The fraction of sp³-hybridized carbons (Fsp3) is 0.939. The minimum absolute atomic E-state index is 0.140. The van der Waals surface area contributed by atoms with Crippen LogP contribution in [0.4, 0.5) is 0 Å². The van der Waals surface area contributed by atoms with E-state index in [2.05, 4.69) is 10.6 Å². The van der Waals surface area contributed by atoms with Gasteiger partial charge in [-0.2, -0.15) is 0 Å². The number of nitrogens with one attached hydrogen (secondary N) is 2. The molecule has 2 saturated heterocycles. The number of carbonyl (C=O) groups is 2. The second-order valence-electron chi connectivity index (χ2n) is 14.2. The van der Waals surface area contributed by atoms with Crippen molar-refractivity contribution in [2.75, 3.05) is 19.7 Å². The van der Waals surface area contributed by atoms with E-state index < -0.39 is 91.7 Å². The Morgan fingerprint density at radius 1 is 0.959 bits per heavy atom. The monoisotopic (exact) mass is 705 g/mol. The quantitative estimate of drug-likeness (QED) is 0.0920. The second kappa shape index (κ2) is 18.8. The summed E-state index contributed by atoms with van der Waals surface area (Å²) >= 11 is 0. The first-order chi connectivity index (χ1) is 23.3. The standard InChI is InChI=1S/C33H59N3O13/c1-4-19-13-20(30(42)35-11-10-34)14-22(28(19)49-33-27(41)26(40)25(39)16(2)46-33)48-32-24(36-17(3)37)29(21(38)15-45-32)47-23(31(43)44)12-18-8-6-5-7-9-18/h16,18-29,31-33,38-41,43-44H,4-15,34H2,1-3H3,(H,35,42)(H,36,37)/t16-,19?,20-,21-,22+,23-,24?,25?,26?,27-,28?,29?,32-,33?/m0/s1. The molecule has 49 heavy (non-hydrogen) atoms. The highest BCUT2D eigenvalue weighted by Gasteiger charge is 2.51. The Hall–Kier alpha value is -1.54. The zero-order chi connectivity index (χ0) is 35.8. The van der Waals surface area contributed by atoms with Crippen LogP contribution in [-0.4, -0.2) is 142 Å². The topological polar surface area (TPSA) is 252 Å². The van der Waals surface area contributed by atoms with Gasteiger partial charge in [0.05, 0.1) is 24.9 Å². The van der Waals surface area contributed by atoms with Crippen LogP contribution in [0.15, 0.2) is 0 Å². The second-order valence-corrected chi connectivity index (χ2v) is 14.2. The van der Waals surface area contributed by atoms with Crippen molar-refractivity contribution in [3.63, 3.8) is 0 Å². The van der Waals surface area contributed by atoms with Crippen molar-refractivity contribution in [1.82, 2.24) is 10.6 Å². The van der Waals surface area contributed by atoms with Crippen molar-refractivity contribution in [3.05, 3.63) is 0 Å². The molecule has 14 atom stereocenters. The lowest BCUT2D eigenvalue weighted by Gasteiger charge is -2.48. The number of aliphatic hydroxyl groups is 6. The molecule has 0 radical (unpaired) electrons. The first-order valence-electron chi connectivity index (χ1n) is 17.9. The molecule has 284 valence electrons. The Labute approximate surface area is 287 Å². The molecular formula is C33H59N3O13. The first kappa shape index (κ1) is 40.2. The van der Waals surface area contributed by atoms with Crippen LogP contribution in [0, 0.1) is 17.8 Å². The van der Waals surface area contributed by atoms with Crippen molar-refractivity contribution in [3.8, 4) is 0 Å². The first-order valence-corrected chi connectivity index (χ1v) is 17.9. The third kappa shape index (κ3) is 10.5. The van der Waals surface area contributed by atoms with Crippen LogP contribution < -0.4 is 16.4 Å². The Kier molecular flexibility index (Phi) is 15.4. The lowest BCUT2D eigenvalue weighted by molar-refractivity contribution is -0.333. The minimum atomic E-state index is -1.83. The number of hydrogen-bond donors (Lipinski definition) is 9. The Bertz CT molecular complexity index is 1040. The molecule has 2 amide bonds. The summed E-state index contributed by atoms with van der Waals surface area (Å²) < 4.78 is 30.8. The van der Waals surface area contributed by atoms with Crippen molar-refractivity contribution in [2.45, 2.75) is 158 Å². The predicted molar refractivity (Wildman–Crippen MR) is 172 cm³/mol. The zero-order valence-corrected chi connectivity index (χ0v) is 28.8. The number of aliphatic hydroxyl groups excluding tert-OH is 5. The number of carbonyl (C=O) groups excluding carboxylic acids is 2. The molecule has 0 aromatic rings. The molecule has 4 aliphatic rings. The highest BCUT2D eigenvalue weighted by Crippen LogP contribution is 2.39. The van der Waals surface area contributed by atoms with Crippen LogP contribution in [0.25, 0.3) is 0 Å². The summed E-state index contributed by atoms with van der Waals surface area (Å²) in [5.41, 5.74) is 5.62. The van der Waals surface area contributed by atoms with Crippen molar-refractivity contribution >= 4 is 11.8 Å². The maximum absolute atomic E-state index is 13.2. The third-order valence-electron chi connectivity index (χ3n) is 10.5. The number of nitrogens with two attached hydrogens (primary N) is 1. The molecule has 0 bridgehead atoms. The van der Waals surface area contributed by atoms with Crippen LogP contribution >= 0.6 is 0 Å². The van der Waals surface area contributed by atoms with Gasteiger partial charge in [0, 0.05) is 25.9 Å². The summed E-state index contributed by atoms with van der Waals surface area (Å²) in [6.07, 6.45) is -8.30. The molecule has 2 saturated carbocycles. The van der Waals surface area contributed by atoms with Crippen molar-refractivity contribution in [2.24, 2.45) is 23.5 Å². The molecule has 16 nitrogen and oxygen atoms in total. The van der Waals surface area contributed by atoms with E-state index in [9.17, 15) is 40.2 Å². The summed E-state index contributed by atoms with van der Waals surface area (Å²) in [5.74, 6) is -1.29. The van der Waals surface area contributed by atoms with E-state index in [0.29, 0.717) is 19.3 Å². The van der Waals surface area contributed by atoms with Crippen LogP contribution in [0.5, 0.6) is 0 Å². The molecule has 4 rings (SSSR count). The minimum Gasteiger partial charge on any atom is -0.388 e. The molecule has 2 aliphatic carbocycles. The Morgan fingerprint density at radius 3 is 2.31 bits per heavy atom. The van der Waals surface area contributed by atoms with Gasteiger partial charge in [0.25, 0.3) is 0 Å². The van der Waals surface area contributed by atoms with Gasteiger partial charge in [-0.3, -0.25) is 9.59 Å².